The number of carbonyl (C=O) groups excluding carboxylic acids is 2. The summed E-state index contributed by atoms with van der Waals surface area (Å²) in [5.74, 6) is -0.145. The van der Waals surface area contributed by atoms with Crippen molar-refractivity contribution >= 4 is 34.6 Å². The predicted molar refractivity (Wildman–Crippen MR) is 124 cm³/mol. The van der Waals surface area contributed by atoms with E-state index in [1.807, 2.05) is 12.1 Å². The van der Waals surface area contributed by atoms with Gasteiger partial charge in [0.2, 0.25) is 12.1 Å². The Bertz CT molecular complexity index is 1470. The van der Waals surface area contributed by atoms with Crippen LogP contribution in [0.5, 0.6) is 0 Å². The van der Waals surface area contributed by atoms with E-state index < -0.39 is 6.04 Å². The van der Waals surface area contributed by atoms with Gasteiger partial charge in [-0.2, -0.15) is 5.10 Å². The van der Waals surface area contributed by atoms with E-state index in [9.17, 15) is 9.59 Å². The molecule has 0 saturated heterocycles. The third-order valence-electron chi connectivity index (χ3n) is 6.52. The number of aromatic amines is 1. The number of hydrogen-bond acceptors (Lipinski definition) is 6. The van der Waals surface area contributed by atoms with Crippen LogP contribution in [0.4, 0.5) is 5.69 Å². The molecule has 2 amide bonds. The number of benzene rings is 2. The molecule has 4 aromatic rings. The van der Waals surface area contributed by atoms with E-state index in [-0.39, 0.29) is 17.7 Å². The lowest BCUT2D eigenvalue weighted by atomic mass is 9.96. The van der Waals surface area contributed by atoms with E-state index in [0.29, 0.717) is 39.2 Å². The zero-order valence-corrected chi connectivity index (χ0v) is 18.3. The van der Waals surface area contributed by atoms with Crippen molar-refractivity contribution in [1.29, 1.82) is 0 Å². The fourth-order valence-corrected chi connectivity index (χ4v) is 4.87. The Morgan fingerprint density at radius 2 is 2.03 bits per heavy atom. The molecule has 0 unspecified atom stereocenters. The van der Waals surface area contributed by atoms with Crippen LogP contribution in [0.15, 0.2) is 52.2 Å². The average Bonchev–Trinajstić information content (AvgIpc) is 3.51. The van der Waals surface area contributed by atoms with E-state index >= 15 is 0 Å². The number of H-pyrrole nitrogens is 1. The molecule has 0 radical (unpaired) electrons. The Balaban J connectivity index is 1.33. The molecule has 3 heterocycles. The lowest BCUT2D eigenvalue weighted by Gasteiger charge is -2.18. The number of amides is 2. The summed E-state index contributed by atoms with van der Waals surface area (Å²) in [6.07, 6.45) is 4.83. The van der Waals surface area contributed by atoms with Crippen molar-refractivity contribution in [1.82, 2.24) is 15.7 Å². The van der Waals surface area contributed by atoms with E-state index in [1.165, 1.54) is 11.1 Å². The molecule has 0 bridgehead atoms. The molecule has 2 aliphatic rings. The summed E-state index contributed by atoms with van der Waals surface area (Å²) in [5, 5.41) is 11.5. The fraction of sp³-hybridized carbons (Fsp3) is 0.208. The van der Waals surface area contributed by atoms with Crippen LogP contribution in [0.3, 0.4) is 0 Å². The molecule has 1 aliphatic heterocycles. The summed E-state index contributed by atoms with van der Waals surface area (Å²) in [6.45, 7) is 0. The van der Waals surface area contributed by atoms with Crippen molar-refractivity contribution in [2.75, 3.05) is 5.32 Å². The Morgan fingerprint density at radius 3 is 2.74 bits per heavy atom. The van der Waals surface area contributed by atoms with Gasteiger partial charge in [-0.05, 0) is 42.0 Å². The largest absolute Gasteiger partial charge is 0.351 e. The summed E-state index contributed by atoms with van der Waals surface area (Å²) in [7, 11) is 1.75. The van der Waals surface area contributed by atoms with Crippen LogP contribution in [0.25, 0.3) is 22.4 Å². The molecule has 2 aromatic heterocycles. The quantitative estimate of drug-likeness (QED) is 0.344. The van der Waals surface area contributed by atoms with E-state index in [0.717, 1.165) is 12.8 Å². The van der Waals surface area contributed by atoms with Crippen molar-refractivity contribution in [2.45, 2.75) is 18.9 Å². The monoisotopic (exact) mass is 456 g/mol. The second-order valence-corrected chi connectivity index (χ2v) is 8.75. The van der Waals surface area contributed by atoms with Gasteiger partial charge in [0.15, 0.2) is 12.3 Å². The Kier molecular flexibility index (Phi) is 4.56. The standard InChI is InChI=1S/C24H21N7O3/c1-31-11-19(34-30-31)22-17-10-26-29-23(32)16-8-15(9-18(28-22)20(16)17)27-24(33)21(25)14-6-12-4-2-3-5-13(12)7-14/h2-5,8-11,14,21,30H,6-7,25H2,1H3,(H,27,29,32,33)/p+1/t21-/m1/s1. The summed E-state index contributed by atoms with van der Waals surface area (Å²) >= 11 is 0. The number of hydrazone groups is 1. The number of rotatable bonds is 4. The maximum absolute atomic E-state index is 13.0. The Labute approximate surface area is 193 Å². The minimum Gasteiger partial charge on any atom is -0.351 e. The normalized spacial score (nSPS) is 15.8. The second-order valence-electron chi connectivity index (χ2n) is 8.75. The highest BCUT2D eigenvalue weighted by atomic mass is 16.5. The first-order chi connectivity index (χ1) is 16.5. The Morgan fingerprint density at radius 1 is 1.26 bits per heavy atom. The molecular weight excluding hydrogens is 434 g/mol. The highest BCUT2D eigenvalue weighted by Gasteiger charge is 2.31. The minimum absolute atomic E-state index is 0.0234. The van der Waals surface area contributed by atoms with Crippen LogP contribution >= 0.6 is 0 Å². The molecule has 0 spiro atoms. The van der Waals surface area contributed by atoms with Gasteiger partial charge in [0.1, 0.15) is 5.69 Å². The number of nitrogens with one attached hydrogen (secondary N) is 3. The number of aromatic nitrogens is 3. The first-order valence-corrected chi connectivity index (χ1v) is 11.0. The van der Waals surface area contributed by atoms with E-state index in [1.54, 1.807) is 36.3 Å². The van der Waals surface area contributed by atoms with Gasteiger partial charge in [0.05, 0.1) is 17.8 Å². The molecule has 1 aliphatic carbocycles. The number of fused-ring (bicyclic) bond motifs is 1. The number of nitrogens with two attached hydrogens (primary N) is 1. The van der Waals surface area contributed by atoms with Crippen LogP contribution in [0.1, 0.15) is 27.0 Å². The Hall–Kier alpha value is -4.31. The number of anilines is 1. The number of carbonyl (C=O) groups is 2. The van der Waals surface area contributed by atoms with Crippen molar-refractivity contribution in [2.24, 2.45) is 23.8 Å². The minimum atomic E-state index is -0.677. The average molecular weight is 456 g/mol. The van der Waals surface area contributed by atoms with Crippen LogP contribution < -0.4 is 21.2 Å². The third-order valence-corrected chi connectivity index (χ3v) is 6.52. The molecule has 170 valence electrons. The van der Waals surface area contributed by atoms with E-state index in [2.05, 4.69) is 38.2 Å². The van der Waals surface area contributed by atoms with Crippen molar-refractivity contribution in [3.63, 3.8) is 0 Å². The van der Waals surface area contributed by atoms with Gasteiger partial charge in [-0.1, -0.05) is 28.9 Å². The zero-order valence-electron chi connectivity index (χ0n) is 18.3. The van der Waals surface area contributed by atoms with Crippen LogP contribution in [0, 0.1) is 5.92 Å². The highest BCUT2D eigenvalue weighted by Crippen LogP contribution is 2.34. The predicted octanol–water partition coefficient (Wildman–Crippen LogP) is 1.41. The summed E-state index contributed by atoms with van der Waals surface area (Å²) in [5.41, 5.74) is 14.2. The van der Waals surface area contributed by atoms with Crippen molar-refractivity contribution in [3.05, 3.63) is 64.8 Å². The van der Waals surface area contributed by atoms with Gasteiger partial charge >= 0.3 is 0 Å². The lowest BCUT2D eigenvalue weighted by molar-refractivity contribution is -0.739. The topological polar surface area (TPSA) is 142 Å². The van der Waals surface area contributed by atoms with Gasteiger partial charge in [0, 0.05) is 22.2 Å². The molecular formula is C24H22N7O3+. The summed E-state index contributed by atoms with van der Waals surface area (Å²) in [6, 6.07) is 10.9. The van der Waals surface area contributed by atoms with E-state index in [4.69, 9.17) is 10.3 Å². The highest BCUT2D eigenvalue weighted by molar-refractivity contribution is 6.18. The van der Waals surface area contributed by atoms with Gasteiger partial charge in [-0.25, -0.2) is 5.43 Å². The third kappa shape index (κ3) is 3.27. The molecule has 5 N–H and O–H groups in total. The van der Waals surface area contributed by atoms with Crippen LogP contribution in [0.2, 0.25) is 0 Å². The van der Waals surface area contributed by atoms with Crippen molar-refractivity contribution in [3.8, 4) is 11.5 Å². The van der Waals surface area contributed by atoms with Crippen molar-refractivity contribution < 1.29 is 18.8 Å². The van der Waals surface area contributed by atoms with Gasteiger partial charge in [-0.3, -0.25) is 14.1 Å². The van der Waals surface area contributed by atoms with Gasteiger partial charge < -0.3 is 16.0 Å². The molecule has 6 rings (SSSR count). The first-order valence-electron chi connectivity index (χ1n) is 11.0. The molecule has 34 heavy (non-hydrogen) atoms. The smallest absolute Gasteiger partial charge is 0.272 e. The maximum Gasteiger partial charge on any atom is 0.272 e. The molecule has 0 fully saturated rings. The van der Waals surface area contributed by atoms with Gasteiger partial charge in [-0.15, -0.1) is 0 Å². The number of hydrogen-bond donors (Lipinski definition) is 4. The van der Waals surface area contributed by atoms with Crippen LogP contribution in [-0.4, -0.2) is 34.3 Å². The maximum atomic E-state index is 13.0. The molecule has 1 atom stereocenters. The number of nitrogens with zero attached hydrogens (tertiary/aromatic N) is 3. The first kappa shape index (κ1) is 20.3. The lowest BCUT2D eigenvalue weighted by Crippen LogP contribution is -2.42. The molecule has 10 heteroatoms. The zero-order chi connectivity index (χ0) is 23.4. The van der Waals surface area contributed by atoms with Gasteiger partial charge in [0.25, 0.3) is 11.7 Å². The SMILES string of the molecule is C[n+]1cc(-c2[nH]c3cc(NC(=O)[C@H](N)C4Cc5ccccc5C4)cc4c3c2C=NNC4=O)on1. The number of aryl methyl sites for hydroxylation is 1. The molecule has 10 nitrogen and oxygen atoms in total. The summed E-state index contributed by atoms with van der Waals surface area (Å²) in [4.78, 5) is 29.1. The fourth-order valence-electron chi connectivity index (χ4n) is 4.87. The second kappa shape index (κ2) is 7.63. The molecule has 2 aromatic carbocycles. The molecule has 0 saturated carbocycles. The van der Waals surface area contributed by atoms with Crippen LogP contribution in [-0.2, 0) is 24.7 Å². The summed E-state index contributed by atoms with van der Waals surface area (Å²) < 4.78 is 6.93.